The van der Waals surface area contributed by atoms with E-state index in [2.05, 4.69) is 4.18 Å². The van der Waals surface area contributed by atoms with E-state index in [4.69, 9.17) is 0 Å². The molecule has 0 aromatic heterocycles. The normalized spacial score (nSPS) is 13.7. The average Bonchev–Trinajstić information content (AvgIpc) is 1.78. The molecule has 0 fully saturated rings. The summed E-state index contributed by atoms with van der Waals surface area (Å²) in [6.45, 7) is -1.56. The molecule has 0 spiro atoms. The molecule has 3 nitrogen and oxygen atoms in total. The predicted molar refractivity (Wildman–Crippen MR) is 31.8 cm³/mol. The van der Waals surface area contributed by atoms with Crippen molar-refractivity contribution in [1.29, 1.82) is 0 Å². The van der Waals surface area contributed by atoms with Gasteiger partial charge in [0.2, 0.25) is 0 Å². The van der Waals surface area contributed by atoms with Crippen molar-refractivity contribution in [2.45, 2.75) is 12.6 Å². The van der Waals surface area contributed by atoms with Crippen LogP contribution in [0.5, 0.6) is 0 Å². The predicted octanol–water partition coefficient (Wildman–Crippen LogP) is 1.16. The first-order valence-corrected chi connectivity index (χ1v) is 4.42. The molecule has 0 radical (unpaired) electrons. The van der Waals surface area contributed by atoms with Crippen LogP contribution >= 0.6 is 0 Å². The van der Waals surface area contributed by atoms with Crippen molar-refractivity contribution in [1.82, 2.24) is 0 Å². The number of rotatable bonds is 4. The van der Waals surface area contributed by atoms with Crippen LogP contribution in [0.15, 0.2) is 0 Å². The third-order valence-corrected chi connectivity index (χ3v) is 1.89. The summed E-state index contributed by atoms with van der Waals surface area (Å²) in [7, 11) is -4.94. The van der Waals surface area contributed by atoms with E-state index in [9.17, 15) is 30.4 Å². The Bertz CT molecular complexity index is 243. The molecule has 0 aromatic carbocycles. The van der Waals surface area contributed by atoms with Gasteiger partial charge in [0.15, 0.2) is 5.75 Å². The zero-order chi connectivity index (χ0) is 10.7. The Labute approximate surface area is 70.6 Å². The van der Waals surface area contributed by atoms with Crippen LogP contribution in [0.4, 0.5) is 22.0 Å². The van der Waals surface area contributed by atoms with Crippen molar-refractivity contribution < 1.29 is 34.6 Å². The molecule has 0 saturated carbocycles. The molecule has 13 heavy (non-hydrogen) atoms. The minimum Gasteiger partial charge on any atom is -0.264 e. The van der Waals surface area contributed by atoms with E-state index in [1.807, 2.05) is 0 Å². The highest BCUT2D eigenvalue weighted by molar-refractivity contribution is 7.86. The Kier molecular flexibility index (Phi) is 4.04. The van der Waals surface area contributed by atoms with Crippen LogP contribution < -0.4 is 0 Å². The first-order valence-electron chi connectivity index (χ1n) is 2.84. The third kappa shape index (κ3) is 7.91. The van der Waals surface area contributed by atoms with Gasteiger partial charge < -0.3 is 0 Å². The molecule has 0 aromatic rings. The van der Waals surface area contributed by atoms with Crippen molar-refractivity contribution in [3.63, 3.8) is 0 Å². The molecule has 0 unspecified atom stereocenters. The van der Waals surface area contributed by atoms with Crippen LogP contribution in [0.25, 0.3) is 0 Å². The third-order valence-electron chi connectivity index (χ3n) is 0.714. The van der Waals surface area contributed by atoms with Gasteiger partial charge in [-0.05, 0) is 0 Å². The number of hydrogen-bond acceptors (Lipinski definition) is 3. The van der Waals surface area contributed by atoms with Crippen LogP contribution in [0.1, 0.15) is 0 Å². The average molecular weight is 228 g/mol. The van der Waals surface area contributed by atoms with Crippen LogP contribution in [-0.2, 0) is 14.3 Å². The number of halogens is 5. The quantitative estimate of drug-likeness (QED) is 0.535. The summed E-state index contributed by atoms with van der Waals surface area (Å²) in [6, 6.07) is 0. The minimum atomic E-state index is -4.99. The van der Waals surface area contributed by atoms with Gasteiger partial charge in [-0.1, -0.05) is 0 Å². The summed E-state index contributed by atoms with van der Waals surface area (Å²) in [4.78, 5) is 0. The summed E-state index contributed by atoms with van der Waals surface area (Å²) in [5.74, 6) is -2.26. The molecule has 0 heterocycles. The highest BCUT2D eigenvalue weighted by Crippen LogP contribution is 2.18. The largest absolute Gasteiger partial charge is 0.405 e. The van der Waals surface area contributed by atoms with Crippen molar-refractivity contribution in [2.75, 3.05) is 12.4 Å². The standard InChI is InChI=1S/C4H5F5O3S/c5-3(6)1-12-13(10,11)2-4(7,8)9/h3H,1-2H2. The fourth-order valence-electron chi connectivity index (χ4n) is 0.397. The second-order valence-electron chi connectivity index (χ2n) is 1.99. The number of hydrogen-bond donors (Lipinski definition) is 0. The molecular weight excluding hydrogens is 223 g/mol. The Balaban J connectivity index is 4.11. The lowest BCUT2D eigenvalue weighted by Gasteiger charge is -2.07. The molecule has 0 atom stereocenters. The summed E-state index contributed by atoms with van der Waals surface area (Å²) < 4.78 is 80.9. The molecule has 0 aliphatic rings. The molecule has 0 bridgehead atoms. The molecule has 0 saturated heterocycles. The fourth-order valence-corrected chi connectivity index (χ4v) is 1.19. The summed E-state index contributed by atoms with van der Waals surface area (Å²) in [5, 5.41) is 0. The Morgan fingerprint density at radius 3 is 2.00 bits per heavy atom. The zero-order valence-electron chi connectivity index (χ0n) is 6.01. The maximum Gasteiger partial charge on any atom is 0.405 e. The Hall–Kier alpha value is -0.440. The van der Waals surface area contributed by atoms with E-state index in [1.54, 1.807) is 0 Å². The molecule has 0 amide bonds. The van der Waals surface area contributed by atoms with E-state index in [0.29, 0.717) is 0 Å². The summed E-state index contributed by atoms with van der Waals surface area (Å²) in [5.41, 5.74) is 0. The molecular formula is C4H5F5O3S. The van der Waals surface area contributed by atoms with E-state index >= 15 is 0 Å². The van der Waals surface area contributed by atoms with Crippen molar-refractivity contribution in [2.24, 2.45) is 0 Å². The second kappa shape index (κ2) is 4.18. The molecule has 0 N–H and O–H groups in total. The monoisotopic (exact) mass is 228 g/mol. The van der Waals surface area contributed by atoms with Gasteiger partial charge in [-0.2, -0.15) is 21.6 Å². The first-order chi connectivity index (χ1) is 5.62. The Morgan fingerprint density at radius 1 is 1.23 bits per heavy atom. The highest BCUT2D eigenvalue weighted by Gasteiger charge is 2.36. The van der Waals surface area contributed by atoms with Gasteiger partial charge in [-0.25, -0.2) is 8.78 Å². The summed E-state index contributed by atoms with van der Waals surface area (Å²) in [6.07, 6.45) is -8.11. The minimum absolute atomic E-state index is 1.56. The molecule has 0 aliphatic heterocycles. The highest BCUT2D eigenvalue weighted by atomic mass is 32.2. The zero-order valence-corrected chi connectivity index (χ0v) is 6.83. The van der Waals surface area contributed by atoms with Crippen molar-refractivity contribution >= 4 is 10.1 Å². The smallest absolute Gasteiger partial charge is 0.264 e. The van der Waals surface area contributed by atoms with Crippen molar-refractivity contribution in [3.8, 4) is 0 Å². The molecule has 9 heteroatoms. The van der Waals surface area contributed by atoms with Gasteiger partial charge >= 0.3 is 6.18 Å². The van der Waals surface area contributed by atoms with E-state index < -0.39 is 35.1 Å². The first kappa shape index (κ1) is 12.6. The van der Waals surface area contributed by atoms with Crippen LogP contribution in [0, 0.1) is 0 Å². The second-order valence-corrected chi connectivity index (χ2v) is 3.63. The van der Waals surface area contributed by atoms with Gasteiger partial charge in [0, 0.05) is 0 Å². The van der Waals surface area contributed by atoms with Gasteiger partial charge in [-0.3, -0.25) is 4.18 Å². The Morgan fingerprint density at radius 2 is 1.69 bits per heavy atom. The number of alkyl halides is 5. The molecule has 80 valence electrons. The van der Waals surface area contributed by atoms with E-state index in [-0.39, 0.29) is 0 Å². The van der Waals surface area contributed by atoms with Crippen molar-refractivity contribution in [3.05, 3.63) is 0 Å². The molecule has 0 rings (SSSR count). The van der Waals surface area contributed by atoms with Gasteiger partial charge in [0.25, 0.3) is 16.5 Å². The summed E-state index contributed by atoms with van der Waals surface area (Å²) >= 11 is 0. The SMILES string of the molecule is O=S(=O)(CC(F)(F)F)OCC(F)F. The van der Waals surface area contributed by atoms with Crippen LogP contribution in [-0.4, -0.2) is 33.4 Å². The lowest BCUT2D eigenvalue weighted by atomic mass is 10.8. The fraction of sp³-hybridized carbons (Fsp3) is 1.00. The van der Waals surface area contributed by atoms with Crippen LogP contribution in [0.3, 0.4) is 0 Å². The van der Waals surface area contributed by atoms with E-state index in [1.165, 1.54) is 0 Å². The van der Waals surface area contributed by atoms with Gasteiger partial charge in [0.05, 0.1) is 0 Å². The topological polar surface area (TPSA) is 43.4 Å². The van der Waals surface area contributed by atoms with E-state index in [0.717, 1.165) is 0 Å². The maximum absolute atomic E-state index is 11.4. The van der Waals surface area contributed by atoms with Gasteiger partial charge in [0.1, 0.15) is 6.61 Å². The lowest BCUT2D eigenvalue weighted by molar-refractivity contribution is -0.107. The van der Waals surface area contributed by atoms with Gasteiger partial charge in [-0.15, -0.1) is 0 Å². The van der Waals surface area contributed by atoms with Crippen LogP contribution in [0.2, 0.25) is 0 Å². The maximum atomic E-state index is 11.4. The molecule has 0 aliphatic carbocycles. The lowest BCUT2D eigenvalue weighted by Crippen LogP contribution is -2.25.